The average Bonchev–Trinajstić information content (AvgIpc) is 3.35. The fourth-order valence-electron chi connectivity index (χ4n) is 2.79. The Labute approximate surface area is 163 Å². The zero-order valence-corrected chi connectivity index (χ0v) is 16.5. The highest BCUT2D eigenvalue weighted by molar-refractivity contribution is 7.08. The smallest absolute Gasteiger partial charge is 0.248 e. The van der Waals surface area contributed by atoms with Gasteiger partial charge in [-0.25, -0.2) is 0 Å². The van der Waals surface area contributed by atoms with Gasteiger partial charge in [-0.15, -0.1) is 10.2 Å². The summed E-state index contributed by atoms with van der Waals surface area (Å²) in [6.07, 6.45) is 0.778. The van der Waals surface area contributed by atoms with Crippen LogP contribution in [0.4, 0.5) is 5.69 Å². The SMILES string of the molecule is CCN(CCNC(=O)CCc1nnc(-c2ccsc2)o1)c1cccc(C)c1. The maximum atomic E-state index is 12.1. The summed E-state index contributed by atoms with van der Waals surface area (Å²) in [5, 5.41) is 14.9. The maximum absolute atomic E-state index is 12.1. The Hall–Kier alpha value is -2.67. The molecule has 0 aliphatic rings. The molecule has 0 aliphatic heterocycles. The number of amides is 1. The zero-order valence-electron chi connectivity index (χ0n) is 15.6. The molecule has 1 aromatic carbocycles. The van der Waals surface area contributed by atoms with Gasteiger partial charge < -0.3 is 14.6 Å². The summed E-state index contributed by atoms with van der Waals surface area (Å²) in [6.45, 7) is 6.47. The van der Waals surface area contributed by atoms with E-state index in [1.807, 2.05) is 16.8 Å². The summed E-state index contributed by atoms with van der Waals surface area (Å²) in [7, 11) is 0. The van der Waals surface area contributed by atoms with Crippen molar-refractivity contribution in [2.24, 2.45) is 0 Å². The van der Waals surface area contributed by atoms with Crippen molar-refractivity contribution >= 4 is 22.9 Å². The molecule has 2 aromatic heterocycles. The van der Waals surface area contributed by atoms with Crippen molar-refractivity contribution < 1.29 is 9.21 Å². The summed E-state index contributed by atoms with van der Waals surface area (Å²) < 4.78 is 5.60. The lowest BCUT2D eigenvalue weighted by atomic mass is 10.2. The van der Waals surface area contributed by atoms with Crippen LogP contribution in [-0.4, -0.2) is 35.7 Å². The minimum Gasteiger partial charge on any atom is -0.421 e. The first-order valence-corrected chi connectivity index (χ1v) is 10.0. The minimum atomic E-state index is -0.00872. The number of hydrogen-bond acceptors (Lipinski definition) is 6. The molecule has 0 saturated carbocycles. The lowest BCUT2D eigenvalue weighted by Crippen LogP contribution is -2.35. The average molecular weight is 385 g/mol. The Morgan fingerprint density at radius 2 is 2.19 bits per heavy atom. The van der Waals surface area contributed by atoms with E-state index in [-0.39, 0.29) is 5.91 Å². The van der Waals surface area contributed by atoms with E-state index in [1.165, 1.54) is 11.3 Å². The van der Waals surface area contributed by atoms with Crippen molar-refractivity contribution in [3.63, 3.8) is 0 Å². The molecule has 27 heavy (non-hydrogen) atoms. The van der Waals surface area contributed by atoms with Crippen molar-refractivity contribution in [2.75, 3.05) is 24.5 Å². The number of carbonyl (C=O) groups is 1. The van der Waals surface area contributed by atoms with Crippen LogP contribution in [0.1, 0.15) is 24.8 Å². The van der Waals surface area contributed by atoms with E-state index in [4.69, 9.17) is 4.42 Å². The molecule has 3 rings (SSSR count). The van der Waals surface area contributed by atoms with Gasteiger partial charge in [0.25, 0.3) is 0 Å². The van der Waals surface area contributed by atoms with Gasteiger partial charge in [0.15, 0.2) is 0 Å². The molecule has 0 saturated heterocycles. The van der Waals surface area contributed by atoms with Crippen LogP contribution in [0.2, 0.25) is 0 Å². The fraction of sp³-hybridized carbons (Fsp3) is 0.350. The van der Waals surface area contributed by atoms with Crippen LogP contribution in [0.5, 0.6) is 0 Å². The Balaban J connectivity index is 1.42. The van der Waals surface area contributed by atoms with Crippen LogP contribution >= 0.6 is 11.3 Å². The van der Waals surface area contributed by atoms with Crippen LogP contribution < -0.4 is 10.2 Å². The van der Waals surface area contributed by atoms with Crippen LogP contribution in [-0.2, 0) is 11.2 Å². The van der Waals surface area contributed by atoms with E-state index in [9.17, 15) is 4.79 Å². The quantitative estimate of drug-likeness (QED) is 0.609. The molecule has 7 heteroatoms. The molecular weight excluding hydrogens is 360 g/mol. The topological polar surface area (TPSA) is 71.3 Å². The van der Waals surface area contributed by atoms with Crippen molar-refractivity contribution in [3.05, 3.63) is 52.5 Å². The van der Waals surface area contributed by atoms with Gasteiger partial charge in [-0.2, -0.15) is 11.3 Å². The molecule has 0 fully saturated rings. The second-order valence-electron chi connectivity index (χ2n) is 6.28. The zero-order chi connectivity index (χ0) is 19.1. The van der Waals surface area contributed by atoms with Crippen LogP contribution in [0.15, 0.2) is 45.5 Å². The maximum Gasteiger partial charge on any atom is 0.248 e. The Bertz CT molecular complexity index is 861. The number of aryl methyl sites for hydroxylation is 2. The van der Waals surface area contributed by atoms with E-state index < -0.39 is 0 Å². The van der Waals surface area contributed by atoms with Crippen molar-refractivity contribution in [1.82, 2.24) is 15.5 Å². The first-order chi connectivity index (χ1) is 13.2. The van der Waals surface area contributed by atoms with Crippen LogP contribution in [0.25, 0.3) is 11.5 Å². The normalized spacial score (nSPS) is 10.7. The van der Waals surface area contributed by atoms with Crippen LogP contribution in [0.3, 0.4) is 0 Å². The standard InChI is InChI=1S/C20H24N4O2S/c1-3-24(17-6-4-5-15(2)13-17)11-10-21-18(25)7-8-19-22-23-20(26-19)16-9-12-27-14-16/h4-6,9,12-14H,3,7-8,10-11H2,1-2H3,(H,21,25). The molecule has 1 amide bonds. The van der Waals surface area contributed by atoms with E-state index in [0.717, 1.165) is 18.7 Å². The lowest BCUT2D eigenvalue weighted by Gasteiger charge is -2.23. The molecule has 0 aliphatic carbocycles. The number of benzene rings is 1. The third kappa shape index (κ3) is 5.40. The highest BCUT2D eigenvalue weighted by atomic mass is 32.1. The Morgan fingerprint density at radius 3 is 2.93 bits per heavy atom. The number of likely N-dealkylation sites (N-methyl/N-ethyl adjacent to an activating group) is 1. The van der Waals surface area contributed by atoms with Gasteiger partial charge in [-0.05, 0) is 43.0 Å². The van der Waals surface area contributed by atoms with E-state index >= 15 is 0 Å². The summed E-state index contributed by atoms with van der Waals surface area (Å²) in [4.78, 5) is 14.3. The van der Waals surface area contributed by atoms with Gasteiger partial charge in [0.1, 0.15) is 0 Å². The van der Waals surface area contributed by atoms with Crippen LogP contribution in [0, 0.1) is 6.92 Å². The first-order valence-electron chi connectivity index (χ1n) is 9.09. The molecule has 0 atom stereocenters. The summed E-state index contributed by atoms with van der Waals surface area (Å²) in [5.41, 5.74) is 3.33. The van der Waals surface area contributed by atoms with Crippen molar-refractivity contribution in [1.29, 1.82) is 0 Å². The molecule has 1 N–H and O–H groups in total. The summed E-state index contributed by atoms with van der Waals surface area (Å²) in [6, 6.07) is 10.3. The van der Waals surface area contributed by atoms with Gasteiger partial charge in [-0.3, -0.25) is 4.79 Å². The number of nitrogens with zero attached hydrogens (tertiary/aromatic N) is 3. The summed E-state index contributed by atoms with van der Waals surface area (Å²) >= 11 is 1.58. The van der Waals surface area contributed by atoms with Gasteiger partial charge in [0.05, 0.1) is 0 Å². The molecular formula is C20H24N4O2S. The summed E-state index contributed by atoms with van der Waals surface area (Å²) in [5.74, 6) is 0.982. The molecule has 0 spiro atoms. The second-order valence-corrected chi connectivity index (χ2v) is 7.06. The molecule has 3 aromatic rings. The number of rotatable bonds is 9. The monoisotopic (exact) mass is 384 g/mol. The van der Waals surface area contributed by atoms with E-state index in [1.54, 1.807) is 11.3 Å². The number of nitrogens with one attached hydrogen (secondary N) is 1. The number of anilines is 1. The van der Waals surface area contributed by atoms with Gasteiger partial charge in [-0.1, -0.05) is 12.1 Å². The van der Waals surface area contributed by atoms with E-state index in [0.29, 0.717) is 31.2 Å². The molecule has 0 bridgehead atoms. The molecule has 0 unspecified atom stereocenters. The molecule has 142 valence electrons. The van der Waals surface area contributed by atoms with Gasteiger partial charge >= 0.3 is 0 Å². The lowest BCUT2D eigenvalue weighted by molar-refractivity contribution is -0.121. The van der Waals surface area contributed by atoms with E-state index in [2.05, 4.69) is 58.5 Å². The Kier molecular flexibility index (Phi) is 6.59. The fourth-order valence-corrected chi connectivity index (χ4v) is 3.42. The second kappa shape index (κ2) is 9.32. The predicted octanol–water partition coefficient (Wildman–Crippen LogP) is 3.68. The number of aromatic nitrogens is 2. The largest absolute Gasteiger partial charge is 0.421 e. The van der Waals surface area contributed by atoms with Gasteiger partial charge in [0, 0.05) is 49.1 Å². The highest BCUT2D eigenvalue weighted by Gasteiger charge is 2.11. The minimum absolute atomic E-state index is 0.00872. The van der Waals surface area contributed by atoms with Crippen molar-refractivity contribution in [2.45, 2.75) is 26.7 Å². The third-order valence-electron chi connectivity index (χ3n) is 4.25. The molecule has 0 radical (unpaired) electrons. The van der Waals surface area contributed by atoms with Gasteiger partial charge in [0.2, 0.25) is 17.7 Å². The molecule has 6 nitrogen and oxygen atoms in total. The third-order valence-corrected chi connectivity index (χ3v) is 4.94. The predicted molar refractivity (Wildman–Crippen MR) is 108 cm³/mol. The first kappa shape index (κ1) is 19.1. The number of carbonyl (C=O) groups excluding carboxylic acids is 1. The highest BCUT2D eigenvalue weighted by Crippen LogP contribution is 2.20. The number of thiophene rings is 1. The Morgan fingerprint density at radius 1 is 1.30 bits per heavy atom. The van der Waals surface area contributed by atoms with Crippen molar-refractivity contribution in [3.8, 4) is 11.5 Å². The number of hydrogen-bond donors (Lipinski definition) is 1. The molecule has 2 heterocycles.